The Bertz CT molecular complexity index is 712. The van der Waals surface area contributed by atoms with Crippen molar-refractivity contribution in [2.75, 3.05) is 26.0 Å². The Balaban J connectivity index is 1.59. The number of ether oxygens (including phenoxy) is 1. The zero-order valence-corrected chi connectivity index (χ0v) is 17.2. The van der Waals surface area contributed by atoms with Gasteiger partial charge in [-0.15, -0.1) is 11.8 Å². The Morgan fingerprint density at radius 3 is 2.78 bits per heavy atom. The Morgan fingerprint density at radius 2 is 2.15 bits per heavy atom. The average Bonchev–Trinajstić information content (AvgIpc) is 3.09. The fourth-order valence-electron chi connectivity index (χ4n) is 3.97. The van der Waals surface area contributed by atoms with Crippen molar-refractivity contribution in [2.45, 2.75) is 56.8 Å². The van der Waals surface area contributed by atoms with Gasteiger partial charge in [0.1, 0.15) is 17.7 Å². The van der Waals surface area contributed by atoms with Gasteiger partial charge in [-0.1, -0.05) is 20.3 Å². The van der Waals surface area contributed by atoms with Gasteiger partial charge in [-0.05, 0) is 37.1 Å². The number of likely N-dealkylation sites (tertiary alicyclic amines) is 1. The van der Waals surface area contributed by atoms with E-state index in [0.29, 0.717) is 18.1 Å². The molecule has 2 aliphatic heterocycles. The van der Waals surface area contributed by atoms with Crippen LogP contribution in [0.1, 0.15) is 44.4 Å². The Kier molecular flexibility index (Phi) is 6.61. The molecule has 27 heavy (non-hydrogen) atoms. The van der Waals surface area contributed by atoms with Gasteiger partial charge in [-0.2, -0.15) is 5.26 Å². The number of amides is 1. The van der Waals surface area contributed by atoms with E-state index in [2.05, 4.69) is 29.8 Å². The maximum Gasteiger partial charge on any atom is 0.410 e. The number of carbonyl (C=O) groups is 1. The minimum absolute atomic E-state index is 0.142. The van der Waals surface area contributed by atoms with Crippen LogP contribution in [0.5, 0.6) is 0 Å². The second-order valence-electron chi connectivity index (χ2n) is 7.42. The van der Waals surface area contributed by atoms with Crippen LogP contribution in [0.2, 0.25) is 0 Å². The van der Waals surface area contributed by atoms with Gasteiger partial charge >= 0.3 is 6.09 Å². The van der Waals surface area contributed by atoms with Crippen LogP contribution in [-0.2, 0) is 11.3 Å². The molecule has 1 amide bonds. The first kappa shape index (κ1) is 20.0. The lowest BCUT2D eigenvalue weighted by Gasteiger charge is -2.39. The predicted octanol–water partition coefficient (Wildman–Crippen LogP) is 3.51. The van der Waals surface area contributed by atoms with Crippen molar-refractivity contribution in [1.82, 2.24) is 14.8 Å². The quantitative estimate of drug-likeness (QED) is 0.695. The summed E-state index contributed by atoms with van der Waals surface area (Å²) in [5.41, 5.74) is 1.63. The van der Waals surface area contributed by atoms with Crippen LogP contribution in [0.15, 0.2) is 17.2 Å². The Labute approximate surface area is 165 Å². The third-order valence-electron chi connectivity index (χ3n) is 5.81. The lowest BCUT2D eigenvalue weighted by molar-refractivity contribution is 0.0927. The smallest absolute Gasteiger partial charge is 0.410 e. The summed E-state index contributed by atoms with van der Waals surface area (Å²) in [6.45, 7) is 7.57. The first-order valence-corrected chi connectivity index (χ1v) is 10.9. The highest BCUT2D eigenvalue weighted by atomic mass is 32.2. The molecule has 1 aromatic heterocycles. The maximum atomic E-state index is 12.3. The highest BCUT2D eigenvalue weighted by Gasteiger charge is 2.41. The van der Waals surface area contributed by atoms with Crippen LogP contribution in [0.3, 0.4) is 0 Å². The average molecular weight is 389 g/mol. The van der Waals surface area contributed by atoms with Crippen LogP contribution in [0.25, 0.3) is 0 Å². The number of cyclic esters (lactones) is 1. The number of piperidine rings is 1. The third kappa shape index (κ3) is 4.39. The number of thioether (sulfide) groups is 1. The number of nitrogens with zero attached hydrogens (tertiary/aromatic N) is 4. The largest absolute Gasteiger partial charge is 0.447 e. The van der Waals surface area contributed by atoms with E-state index in [9.17, 15) is 4.79 Å². The molecule has 0 unspecified atom stereocenters. The molecule has 3 rings (SSSR count). The summed E-state index contributed by atoms with van der Waals surface area (Å²) in [7, 11) is 0. The van der Waals surface area contributed by atoms with Gasteiger partial charge in [-0.3, -0.25) is 9.80 Å². The summed E-state index contributed by atoms with van der Waals surface area (Å²) >= 11 is 1.51. The lowest BCUT2D eigenvalue weighted by Crippen LogP contribution is -2.50. The van der Waals surface area contributed by atoms with Crippen molar-refractivity contribution in [2.24, 2.45) is 5.92 Å². The molecule has 3 heterocycles. The zero-order chi connectivity index (χ0) is 19.4. The van der Waals surface area contributed by atoms with Crippen LogP contribution in [0.4, 0.5) is 4.79 Å². The van der Waals surface area contributed by atoms with Crippen molar-refractivity contribution in [3.63, 3.8) is 0 Å². The first-order valence-electron chi connectivity index (χ1n) is 9.68. The minimum atomic E-state index is -0.142. The van der Waals surface area contributed by atoms with Gasteiger partial charge in [0, 0.05) is 25.7 Å². The number of rotatable bonds is 6. The van der Waals surface area contributed by atoms with Gasteiger partial charge in [0.2, 0.25) is 0 Å². The topological polar surface area (TPSA) is 69.5 Å². The molecule has 0 N–H and O–H groups in total. The van der Waals surface area contributed by atoms with Crippen molar-refractivity contribution in [1.29, 1.82) is 5.26 Å². The maximum absolute atomic E-state index is 12.3. The van der Waals surface area contributed by atoms with Gasteiger partial charge in [0.15, 0.2) is 0 Å². The number of pyridine rings is 1. The van der Waals surface area contributed by atoms with Gasteiger partial charge in [-0.25, -0.2) is 9.78 Å². The van der Waals surface area contributed by atoms with Gasteiger partial charge < -0.3 is 4.74 Å². The van der Waals surface area contributed by atoms with E-state index in [-0.39, 0.29) is 18.2 Å². The SMILES string of the molecule is CC[C@H](C)[C@H]1COC(=O)N1C1CCN(Cc2ccc(C#N)c(SC)n2)CC1. The molecule has 1 aromatic rings. The molecule has 2 aliphatic rings. The Morgan fingerprint density at radius 1 is 1.41 bits per heavy atom. The summed E-state index contributed by atoms with van der Waals surface area (Å²) in [4.78, 5) is 21.3. The summed E-state index contributed by atoms with van der Waals surface area (Å²) in [5, 5.41) is 9.93. The van der Waals surface area contributed by atoms with Crippen LogP contribution < -0.4 is 0 Å². The summed E-state index contributed by atoms with van der Waals surface area (Å²) in [6, 6.07) is 6.48. The second-order valence-corrected chi connectivity index (χ2v) is 8.21. The van der Waals surface area contributed by atoms with Crippen molar-refractivity contribution in [3.05, 3.63) is 23.4 Å². The molecule has 0 radical (unpaired) electrons. The van der Waals surface area contributed by atoms with Crippen LogP contribution in [0, 0.1) is 17.2 Å². The molecule has 7 heteroatoms. The minimum Gasteiger partial charge on any atom is -0.447 e. The van der Waals surface area contributed by atoms with Gasteiger partial charge in [0.25, 0.3) is 0 Å². The molecule has 0 spiro atoms. The number of aromatic nitrogens is 1. The first-order chi connectivity index (χ1) is 13.1. The highest BCUT2D eigenvalue weighted by molar-refractivity contribution is 7.98. The highest BCUT2D eigenvalue weighted by Crippen LogP contribution is 2.29. The third-order valence-corrected chi connectivity index (χ3v) is 6.51. The second kappa shape index (κ2) is 8.94. The van der Waals surface area contributed by atoms with Crippen molar-refractivity contribution < 1.29 is 9.53 Å². The number of hydrogen-bond acceptors (Lipinski definition) is 6. The van der Waals surface area contributed by atoms with E-state index in [1.807, 2.05) is 23.3 Å². The molecule has 2 fully saturated rings. The van der Waals surface area contributed by atoms with Crippen molar-refractivity contribution >= 4 is 17.9 Å². The van der Waals surface area contributed by atoms with E-state index in [4.69, 9.17) is 10.00 Å². The summed E-state index contributed by atoms with van der Waals surface area (Å²) in [6.07, 6.45) is 4.79. The van der Waals surface area contributed by atoms with Crippen LogP contribution in [-0.4, -0.2) is 58.9 Å². The molecular formula is C20H28N4O2S. The van der Waals surface area contributed by atoms with E-state index < -0.39 is 0 Å². The van der Waals surface area contributed by atoms with E-state index in [1.54, 1.807) is 0 Å². The summed E-state index contributed by atoms with van der Waals surface area (Å²) < 4.78 is 5.36. The number of nitriles is 1. The van der Waals surface area contributed by atoms with E-state index >= 15 is 0 Å². The van der Waals surface area contributed by atoms with Crippen molar-refractivity contribution in [3.8, 4) is 6.07 Å². The molecule has 146 valence electrons. The molecule has 0 bridgehead atoms. The molecule has 0 saturated carbocycles. The predicted molar refractivity (Wildman–Crippen MR) is 105 cm³/mol. The summed E-state index contributed by atoms with van der Waals surface area (Å²) in [5.74, 6) is 0.460. The van der Waals surface area contributed by atoms with Crippen LogP contribution >= 0.6 is 11.8 Å². The zero-order valence-electron chi connectivity index (χ0n) is 16.4. The molecule has 2 atom stereocenters. The molecule has 2 saturated heterocycles. The van der Waals surface area contributed by atoms with E-state index in [1.165, 1.54) is 11.8 Å². The molecular weight excluding hydrogens is 360 g/mol. The van der Waals surface area contributed by atoms with Gasteiger partial charge in [0.05, 0.1) is 17.3 Å². The lowest BCUT2D eigenvalue weighted by atomic mass is 9.95. The normalized spacial score (nSPS) is 22.5. The number of hydrogen-bond donors (Lipinski definition) is 0. The molecule has 6 nitrogen and oxygen atoms in total. The fraction of sp³-hybridized carbons (Fsp3) is 0.650. The molecule has 0 aliphatic carbocycles. The number of carbonyl (C=O) groups excluding carboxylic acids is 1. The monoisotopic (exact) mass is 388 g/mol. The van der Waals surface area contributed by atoms with E-state index in [0.717, 1.165) is 49.6 Å². The molecule has 0 aromatic carbocycles. The Hall–Kier alpha value is -1.78. The standard InChI is InChI=1S/C20H28N4O2S/c1-4-14(2)18-13-26-20(25)24(18)17-7-9-23(10-8-17)12-16-6-5-15(11-21)19(22-16)27-3/h5-6,14,17-18H,4,7-10,12-13H2,1-3H3/t14-,18+/m0/s1. The fourth-order valence-corrected chi connectivity index (χ4v) is 4.51.